The molecule has 0 bridgehead atoms. The molecule has 23 heavy (non-hydrogen) atoms. The van der Waals surface area contributed by atoms with E-state index in [1.165, 1.54) is 13.2 Å². The minimum Gasteiger partial charge on any atom is -0.466 e. The quantitative estimate of drug-likeness (QED) is 0.544. The number of aromatic nitrogens is 2. The molecule has 0 saturated carbocycles. The van der Waals surface area contributed by atoms with Crippen LogP contribution in [0.1, 0.15) is 12.5 Å². The molecular weight excluding hydrogens is 288 g/mol. The van der Waals surface area contributed by atoms with E-state index in [1.807, 2.05) is 43.3 Å². The zero-order chi connectivity index (χ0) is 16.2. The van der Waals surface area contributed by atoms with Gasteiger partial charge in [-0.05, 0) is 30.2 Å². The average Bonchev–Trinajstić information content (AvgIpc) is 2.61. The van der Waals surface area contributed by atoms with Crippen molar-refractivity contribution in [1.29, 1.82) is 0 Å². The summed E-state index contributed by atoms with van der Waals surface area (Å²) in [5.41, 5.74) is 4.59. The number of fused-ring (bicyclic) bond motifs is 1. The van der Waals surface area contributed by atoms with Gasteiger partial charge in [-0.1, -0.05) is 24.3 Å². The predicted molar refractivity (Wildman–Crippen MR) is 90.6 cm³/mol. The number of carbonyl (C=O) groups excluding carboxylic acids is 1. The molecule has 0 aliphatic rings. The summed E-state index contributed by atoms with van der Waals surface area (Å²) < 4.78 is 4.67. The summed E-state index contributed by atoms with van der Waals surface area (Å²) in [5, 5.41) is 1.08. The van der Waals surface area contributed by atoms with Crippen LogP contribution in [0.5, 0.6) is 0 Å². The SMILES string of the molecule is COC(=O)/C=C(\C)c1cncc(-c2cccc3cccnc23)c1. The number of benzene rings is 1. The Labute approximate surface area is 134 Å². The number of allylic oxidation sites excluding steroid dienone is 1. The van der Waals surface area contributed by atoms with E-state index in [2.05, 4.69) is 14.7 Å². The van der Waals surface area contributed by atoms with Crippen molar-refractivity contribution in [3.8, 4) is 11.1 Å². The molecule has 0 saturated heterocycles. The van der Waals surface area contributed by atoms with Gasteiger partial charge in [-0.15, -0.1) is 0 Å². The second-order valence-corrected chi connectivity index (χ2v) is 5.19. The molecule has 0 aliphatic carbocycles. The lowest BCUT2D eigenvalue weighted by atomic mass is 10.0. The van der Waals surface area contributed by atoms with Gasteiger partial charge in [0.1, 0.15) is 0 Å². The van der Waals surface area contributed by atoms with Gasteiger partial charge in [0.05, 0.1) is 12.6 Å². The average molecular weight is 304 g/mol. The van der Waals surface area contributed by atoms with Crippen LogP contribution in [-0.4, -0.2) is 23.0 Å². The first-order valence-corrected chi connectivity index (χ1v) is 7.25. The Morgan fingerprint density at radius 3 is 2.83 bits per heavy atom. The molecule has 0 atom stereocenters. The third-order valence-corrected chi connectivity index (χ3v) is 3.67. The van der Waals surface area contributed by atoms with Gasteiger partial charge in [-0.25, -0.2) is 4.79 Å². The van der Waals surface area contributed by atoms with Crippen molar-refractivity contribution in [1.82, 2.24) is 9.97 Å². The third-order valence-electron chi connectivity index (χ3n) is 3.67. The Bertz CT molecular complexity index is 895. The van der Waals surface area contributed by atoms with Crippen LogP contribution in [0.4, 0.5) is 0 Å². The standard InChI is InChI=1S/C19H16N2O2/c1-13(9-18(22)23-2)15-10-16(12-20-11-15)17-7-3-5-14-6-4-8-21-19(14)17/h3-12H,1-2H3/b13-9+. The number of ether oxygens (including phenoxy) is 1. The fourth-order valence-electron chi connectivity index (χ4n) is 2.46. The Balaban J connectivity index is 2.09. The Hall–Kier alpha value is -3.01. The normalized spacial score (nSPS) is 11.5. The third kappa shape index (κ3) is 3.11. The number of para-hydroxylation sites is 1. The summed E-state index contributed by atoms with van der Waals surface area (Å²) in [5.74, 6) is -0.375. The molecule has 0 N–H and O–H groups in total. The lowest BCUT2D eigenvalue weighted by molar-refractivity contribution is -0.134. The first kappa shape index (κ1) is 14.9. The van der Waals surface area contributed by atoms with Gasteiger partial charge in [0.15, 0.2) is 0 Å². The van der Waals surface area contributed by atoms with E-state index in [0.29, 0.717) is 0 Å². The minimum absolute atomic E-state index is 0.375. The van der Waals surface area contributed by atoms with Crippen molar-refractivity contribution in [2.75, 3.05) is 7.11 Å². The van der Waals surface area contributed by atoms with Gasteiger partial charge in [0.25, 0.3) is 0 Å². The summed E-state index contributed by atoms with van der Waals surface area (Å²) in [7, 11) is 1.36. The van der Waals surface area contributed by atoms with Crippen molar-refractivity contribution in [3.63, 3.8) is 0 Å². The van der Waals surface area contributed by atoms with E-state index < -0.39 is 0 Å². The minimum atomic E-state index is -0.375. The lowest BCUT2D eigenvalue weighted by Crippen LogP contribution is -1.96. The van der Waals surface area contributed by atoms with E-state index >= 15 is 0 Å². The lowest BCUT2D eigenvalue weighted by Gasteiger charge is -2.08. The highest BCUT2D eigenvalue weighted by atomic mass is 16.5. The van der Waals surface area contributed by atoms with Gasteiger partial charge in [-0.2, -0.15) is 0 Å². The molecule has 4 heteroatoms. The Morgan fingerprint density at radius 2 is 2.00 bits per heavy atom. The van der Waals surface area contributed by atoms with Crippen molar-refractivity contribution in [2.45, 2.75) is 6.92 Å². The summed E-state index contributed by atoms with van der Waals surface area (Å²) in [6.07, 6.45) is 6.78. The van der Waals surface area contributed by atoms with Crippen LogP contribution in [0.15, 0.2) is 61.1 Å². The number of rotatable bonds is 3. The second-order valence-electron chi connectivity index (χ2n) is 5.19. The topological polar surface area (TPSA) is 52.1 Å². The smallest absolute Gasteiger partial charge is 0.330 e. The molecule has 4 nitrogen and oxygen atoms in total. The van der Waals surface area contributed by atoms with Gasteiger partial charge >= 0.3 is 5.97 Å². The van der Waals surface area contributed by atoms with Crippen LogP contribution >= 0.6 is 0 Å². The Morgan fingerprint density at radius 1 is 1.17 bits per heavy atom. The fourth-order valence-corrected chi connectivity index (χ4v) is 2.46. The fraction of sp³-hybridized carbons (Fsp3) is 0.105. The van der Waals surface area contributed by atoms with E-state index in [4.69, 9.17) is 0 Å². The first-order chi connectivity index (χ1) is 11.2. The molecule has 3 rings (SSSR count). The zero-order valence-corrected chi connectivity index (χ0v) is 13.0. The maximum Gasteiger partial charge on any atom is 0.330 e. The van der Waals surface area contributed by atoms with Gasteiger partial charge in [0, 0.05) is 41.2 Å². The molecule has 3 aromatic rings. The van der Waals surface area contributed by atoms with Crippen LogP contribution in [-0.2, 0) is 9.53 Å². The first-order valence-electron chi connectivity index (χ1n) is 7.25. The molecule has 0 spiro atoms. The number of nitrogens with zero attached hydrogens (tertiary/aromatic N) is 2. The predicted octanol–water partition coefficient (Wildman–Crippen LogP) is 3.87. The molecule has 0 unspecified atom stereocenters. The van der Waals surface area contributed by atoms with E-state index in [-0.39, 0.29) is 5.97 Å². The van der Waals surface area contributed by atoms with Crippen molar-refractivity contribution in [3.05, 3.63) is 66.6 Å². The summed E-state index contributed by atoms with van der Waals surface area (Å²) in [6.45, 7) is 1.86. The molecule has 0 fully saturated rings. The highest BCUT2D eigenvalue weighted by molar-refractivity contribution is 5.94. The highest BCUT2D eigenvalue weighted by Crippen LogP contribution is 2.28. The van der Waals surface area contributed by atoms with Crippen LogP contribution in [0.25, 0.3) is 27.6 Å². The summed E-state index contributed by atoms with van der Waals surface area (Å²) in [6, 6.07) is 12.0. The number of carbonyl (C=O) groups is 1. The van der Waals surface area contributed by atoms with Gasteiger partial charge < -0.3 is 4.74 Å². The second kappa shape index (κ2) is 6.40. The van der Waals surface area contributed by atoms with Crippen LogP contribution in [0.2, 0.25) is 0 Å². The molecule has 0 aliphatic heterocycles. The largest absolute Gasteiger partial charge is 0.466 e. The van der Waals surface area contributed by atoms with Crippen LogP contribution in [0.3, 0.4) is 0 Å². The van der Waals surface area contributed by atoms with Crippen molar-refractivity contribution < 1.29 is 9.53 Å². The van der Waals surface area contributed by atoms with Crippen LogP contribution < -0.4 is 0 Å². The Kier molecular flexibility index (Phi) is 4.15. The van der Waals surface area contributed by atoms with Gasteiger partial charge in [-0.3, -0.25) is 9.97 Å². The number of methoxy groups -OCH3 is 1. The molecule has 0 radical (unpaired) electrons. The van der Waals surface area contributed by atoms with Crippen LogP contribution in [0, 0.1) is 0 Å². The number of esters is 1. The molecule has 114 valence electrons. The number of hydrogen-bond donors (Lipinski definition) is 0. The highest BCUT2D eigenvalue weighted by Gasteiger charge is 2.07. The molecule has 2 heterocycles. The van der Waals surface area contributed by atoms with Crippen molar-refractivity contribution >= 4 is 22.4 Å². The van der Waals surface area contributed by atoms with E-state index in [0.717, 1.165) is 33.2 Å². The van der Waals surface area contributed by atoms with Crippen molar-refractivity contribution in [2.24, 2.45) is 0 Å². The van der Waals surface area contributed by atoms with E-state index in [1.54, 1.807) is 18.6 Å². The van der Waals surface area contributed by atoms with E-state index in [9.17, 15) is 4.79 Å². The molecule has 1 aromatic carbocycles. The maximum absolute atomic E-state index is 11.4. The molecular formula is C19H16N2O2. The molecule has 0 amide bonds. The maximum atomic E-state index is 11.4. The number of pyridine rings is 2. The summed E-state index contributed by atoms with van der Waals surface area (Å²) >= 11 is 0. The number of hydrogen-bond acceptors (Lipinski definition) is 4. The summed E-state index contributed by atoms with van der Waals surface area (Å²) in [4.78, 5) is 20.2. The zero-order valence-electron chi connectivity index (χ0n) is 13.0. The monoisotopic (exact) mass is 304 g/mol. The molecule has 2 aromatic heterocycles. The van der Waals surface area contributed by atoms with Gasteiger partial charge in [0.2, 0.25) is 0 Å².